The van der Waals surface area contributed by atoms with E-state index in [1.807, 2.05) is 25.1 Å². The maximum absolute atomic E-state index is 13.6. The molecule has 4 nitrogen and oxygen atoms in total. The number of carbonyl (C=O) groups is 2. The predicted octanol–water partition coefficient (Wildman–Crippen LogP) is 5.08. The summed E-state index contributed by atoms with van der Waals surface area (Å²) >= 11 is 3.37. The van der Waals surface area contributed by atoms with Crippen molar-refractivity contribution in [1.82, 2.24) is 4.90 Å². The van der Waals surface area contributed by atoms with Crippen molar-refractivity contribution in [2.45, 2.75) is 13.0 Å². The van der Waals surface area contributed by atoms with Crippen molar-refractivity contribution in [3.05, 3.63) is 99.3 Å². The molecule has 146 valence electrons. The van der Waals surface area contributed by atoms with E-state index in [1.54, 1.807) is 36.4 Å². The van der Waals surface area contributed by atoms with Crippen LogP contribution in [0.25, 0.3) is 0 Å². The standard InChI is InChI=1S/C23H18BrFN2O2/c1-14-2-11-20-19(12-14)22(15-5-9-18(25)10-6-15)27(13-21(28)26-20)23(29)16-3-7-17(24)8-4-16/h2-12,22H,13H2,1H3,(H,26,28)/t22-/m1/s1. The molecule has 3 aromatic carbocycles. The number of nitrogens with zero attached hydrogens (tertiary/aromatic N) is 1. The van der Waals surface area contributed by atoms with Crippen LogP contribution in [0.15, 0.2) is 71.2 Å². The van der Waals surface area contributed by atoms with E-state index in [-0.39, 0.29) is 24.2 Å². The third-order valence-corrected chi connectivity index (χ3v) is 5.47. The molecule has 0 spiro atoms. The van der Waals surface area contributed by atoms with Gasteiger partial charge in [0.1, 0.15) is 12.4 Å². The minimum atomic E-state index is -0.527. The van der Waals surface area contributed by atoms with E-state index >= 15 is 0 Å². The van der Waals surface area contributed by atoms with Gasteiger partial charge in [0, 0.05) is 21.3 Å². The van der Waals surface area contributed by atoms with E-state index in [2.05, 4.69) is 21.2 Å². The molecule has 2 amide bonds. The maximum atomic E-state index is 13.6. The Kier molecular flexibility index (Phi) is 5.20. The van der Waals surface area contributed by atoms with Crippen LogP contribution in [-0.2, 0) is 4.79 Å². The highest BCUT2D eigenvalue weighted by atomic mass is 79.9. The molecule has 0 saturated carbocycles. The number of rotatable bonds is 2. The van der Waals surface area contributed by atoms with Crippen molar-refractivity contribution in [3.8, 4) is 0 Å². The zero-order chi connectivity index (χ0) is 20.5. The van der Waals surface area contributed by atoms with Crippen molar-refractivity contribution in [2.24, 2.45) is 0 Å². The SMILES string of the molecule is Cc1ccc2c(c1)[C@@H](c1ccc(F)cc1)N(C(=O)c1ccc(Br)cc1)CC(=O)N2. The van der Waals surface area contributed by atoms with Crippen LogP contribution in [0.4, 0.5) is 10.1 Å². The Hall–Kier alpha value is -2.99. The zero-order valence-electron chi connectivity index (χ0n) is 15.7. The Labute approximate surface area is 176 Å². The summed E-state index contributed by atoms with van der Waals surface area (Å²) in [5, 5.41) is 2.89. The Morgan fingerprint density at radius 1 is 1.07 bits per heavy atom. The van der Waals surface area contributed by atoms with Gasteiger partial charge in [-0.1, -0.05) is 45.8 Å². The number of amides is 2. The summed E-state index contributed by atoms with van der Waals surface area (Å²) in [5.74, 6) is -0.895. The van der Waals surface area contributed by atoms with Gasteiger partial charge in [-0.15, -0.1) is 0 Å². The van der Waals surface area contributed by atoms with Gasteiger partial charge in [-0.05, 0) is 55.0 Å². The molecule has 0 radical (unpaired) electrons. The van der Waals surface area contributed by atoms with Gasteiger partial charge in [-0.2, -0.15) is 0 Å². The van der Waals surface area contributed by atoms with Crippen LogP contribution < -0.4 is 5.32 Å². The van der Waals surface area contributed by atoms with Crippen LogP contribution in [0, 0.1) is 12.7 Å². The molecule has 1 N–H and O–H groups in total. The number of aryl methyl sites for hydroxylation is 1. The molecule has 1 aliphatic rings. The van der Waals surface area contributed by atoms with E-state index in [9.17, 15) is 14.0 Å². The quantitative estimate of drug-likeness (QED) is 0.589. The normalized spacial score (nSPS) is 16.0. The van der Waals surface area contributed by atoms with Crippen molar-refractivity contribution < 1.29 is 14.0 Å². The Balaban J connectivity index is 1.88. The average Bonchev–Trinajstić information content (AvgIpc) is 2.84. The fourth-order valence-corrected chi connectivity index (χ4v) is 3.84. The monoisotopic (exact) mass is 452 g/mol. The van der Waals surface area contributed by atoms with Gasteiger partial charge >= 0.3 is 0 Å². The maximum Gasteiger partial charge on any atom is 0.255 e. The molecule has 0 bridgehead atoms. The fraction of sp³-hybridized carbons (Fsp3) is 0.130. The third-order valence-electron chi connectivity index (χ3n) is 4.94. The van der Waals surface area contributed by atoms with E-state index in [0.29, 0.717) is 11.3 Å². The molecule has 0 aliphatic carbocycles. The third kappa shape index (κ3) is 3.93. The summed E-state index contributed by atoms with van der Waals surface area (Å²) < 4.78 is 14.4. The lowest BCUT2D eigenvalue weighted by molar-refractivity contribution is -0.117. The second-order valence-electron chi connectivity index (χ2n) is 7.03. The topological polar surface area (TPSA) is 49.4 Å². The van der Waals surface area contributed by atoms with Gasteiger partial charge in [0.2, 0.25) is 5.91 Å². The van der Waals surface area contributed by atoms with Crippen LogP contribution in [0.2, 0.25) is 0 Å². The molecular formula is C23H18BrFN2O2. The lowest BCUT2D eigenvalue weighted by Gasteiger charge is -2.31. The second-order valence-corrected chi connectivity index (χ2v) is 7.95. The molecule has 0 unspecified atom stereocenters. The van der Waals surface area contributed by atoms with Gasteiger partial charge in [0.05, 0.1) is 6.04 Å². The van der Waals surface area contributed by atoms with Gasteiger partial charge in [-0.3, -0.25) is 9.59 Å². The van der Waals surface area contributed by atoms with Crippen molar-refractivity contribution >= 4 is 33.4 Å². The minimum absolute atomic E-state index is 0.106. The fourth-order valence-electron chi connectivity index (χ4n) is 3.58. The number of fused-ring (bicyclic) bond motifs is 1. The molecule has 1 aliphatic heterocycles. The molecule has 1 heterocycles. The lowest BCUT2D eigenvalue weighted by atomic mass is 9.94. The summed E-state index contributed by atoms with van der Waals surface area (Å²) in [7, 11) is 0. The van der Waals surface area contributed by atoms with Crippen LogP contribution in [0.1, 0.15) is 33.1 Å². The van der Waals surface area contributed by atoms with E-state index < -0.39 is 6.04 Å². The van der Waals surface area contributed by atoms with Gasteiger partial charge in [0.25, 0.3) is 5.91 Å². The van der Waals surface area contributed by atoms with Gasteiger partial charge in [-0.25, -0.2) is 4.39 Å². The number of carbonyl (C=O) groups excluding carboxylic acids is 2. The first-order chi connectivity index (χ1) is 13.9. The lowest BCUT2D eigenvalue weighted by Crippen LogP contribution is -2.39. The van der Waals surface area contributed by atoms with Gasteiger partial charge < -0.3 is 10.2 Å². The number of anilines is 1. The number of hydrogen-bond acceptors (Lipinski definition) is 2. The number of halogens is 2. The summed E-state index contributed by atoms with van der Waals surface area (Å²) in [5.41, 5.74) is 3.67. The number of nitrogens with one attached hydrogen (secondary N) is 1. The molecule has 4 rings (SSSR count). The van der Waals surface area contributed by atoms with Crippen LogP contribution in [0.3, 0.4) is 0 Å². The Bertz CT molecular complexity index is 1080. The minimum Gasteiger partial charge on any atom is -0.324 e. The Morgan fingerprint density at radius 3 is 2.45 bits per heavy atom. The summed E-state index contributed by atoms with van der Waals surface area (Å²) in [6, 6.07) is 18.2. The molecule has 6 heteroatoms. The van der Waals surface area contributed by atoms with Gasteiger partial charge in [0.15, 0.2) is 0 Å². The van der Waals surface area contributed by atoms with Crippen molar-refractivity contribution in [2.75, 3.05) is 11.9 Å². The first-order valence-electron chi connectivity index (χ1n) is 9.15. The summed E-state index contributed by atoms with van der Waals surface area (Å²) in [6.07, 6.45) is 0. The summed E-state index contributed by atoms with van der Waals surface area (Å²) in [6.45, 7) is 1.85. The highest BCUT2D eigenvalue weighted by Crippen LogP contribution is 2.37. The first-order valence-corrected chi connectivity index (χ1v) is 9.94. The van der Waals surface area contributed by atoms with Crippen LogP contribution in [0.5, 0.6) is 0 Å². The zero-order valence-corrected chi connectivity index (χ0v) is 17.2. The Morgan fingerprint density at radius 2 is 1.76 bits per heavy atom. The van der Waals surface area contributed by atoms with Crippen LogP contribution >= 0.6 is 15.9 Å². The molecule has 0 aromatic heterocycles. The molecule has 0 saturated heterocycles. The molecule has 3 aromatic rings. The molecule has 0 fully saturated rings. The van der Waals surface area contributed by atoms with E-state index in [4.69, 9.17) is 0 Å². The predicted molar refractivity (Wildman–Crippen MR) is 113 cm³/mol. The number of hydrogen-bond donors (Lipinski definition) is 1. The highest BCUT2D eigenvalue weighted by Gasteiger charge is 2.34. The first kappa shape index (κ1) is 19.3. The van der Waals surface area contributed by atoms with Crippen molar-refractivity contribution in [3.63, 3.8) is 0 Å². The average molecular weight is 453 g/mol. The van der Waals surface area contributed by atoms with Crippen LogP contribution in [-0.4, -0.2) is 23.3 Å². The van der Waals surface area contributed by atoms with Crippen molar-refractivity contribution in [1.29, 1.82) is 0 Å². The smallest absolute Gasteiger partial charge is 0.255 e. The highest BCUT2D eigenvalue weighted by molar-refractivity contribution is 9.10. The largest absolute Gasteiger partial charge is 0.324 e. The second kappa shape index (κ2) is 7.79. The number of benzene rings is 3. The molecule has 1 atom stereocenters. The van der Waals surface area contributed by atoms with E-state index in [1.165, 1.54) is 17.0 Å². The molecule has 29 heavy (non-hydrogen) atoms. The summed E-state index contributed by atoms with van der Waals surface area (Å²) in [4.78, 5) is 27.5. The molecular weight excluding hydrogens is 435 g/mol. The van der Waals surface area contributed by atoms with E-state index in [0.717, 1.165) is 21.2 Å².